The largest absolute Gasteiger partial charge is 0.487 e. The third-order valence-corrected chi connectivity index (χ3v) is 4.65. The van der Waals surface area contributed by atoms with Gasteiger partial charge in [0.25, 0.3) is 0 Å². The summed E-state index contributed by atoms with van der Waals surface area (Å²) in [5.41, 5.74) is 4.94. The van der Waals surface area contributed by atoms with Crippen molar-refractivity contribution in [1.29, 1.82) is 0 Å². The Balaban J connectivity index is 1.48. The van der Waals surface area contributed by atoms with Crippen LogP contribution >= 0.6 is 11.6 Å². The number of benzene rings is 2. The molecule has 5 nitrogen and oxygen atoms in total. The van der Waals surface area contributed by atoms with Crippen LogP contribution in [0.3, 0.4) is 0 Å². The smallest absolute Gasteiger partial charge is 0.134 e. The van der Waals surface area contributed by atoms with Gasteiger partial charge in [-0.15, -0.1) is 5.10 Å². The maximum Gasteiger partial charge on any atom is 0.134 e. The van der Waals surface area contributed by atoms with Gasteiger partial charge in [-0.2, -0.15) is 0 Å². The summed E-state index contributed by atoms with van der Waals surface area (Å²) in [6, 6.07) is 16.1. The molecule has 0 atom stereocenters. The predicted octanol–water partition coefficient (Wildman–Crippen LogP) is 4.72. The molecule has 0 aliphatic rings. The molecule has 0 radical (unpaired) electrons. The van der Waals surface area contributed by atoms with Gasteiger partial charge in [0.05, 0.1) is 18.3 Å². The van der Waals surface area contributed by atoms with Crippen LogP contribution < -0.4 is 4.74 Å². The van der Waals surface area contributed by atoms with E-state index >= 15 is 0 Å². The Morgan fingerprint density at radius 2 is 1.78 bits per heavy atom. The van der Waals surface area contributed by atoms with E-state index in [-0.39, 0.29) is 0 Å². The second-order valence-corrected chi connectivity index (χ2v) is 7.00. The second kappa shape index (κ2) is 7.37. The van der Waals surface area contributed by atoms with E-state index in [0.29, 0.717) is 18.3 Å². The van der Waals surface area contributed by atoms with Gasteiger partial charge in [0.2, 0.25) is 0 Å². The van der Waals surface area contributed by atoms with Crippen molar-refractivity contribution in [1.82, 2.24) is 20.0 Å². The molecule has 0 N–H and O–H groups in total. The second-order valence-electron chi connectivity index (χ2n) is 6.64. The first-order chi connectivity index (χ1) is 13.1. The first-order valence-corrected chi connectivity index (χ1v) is 9.09. The Morgan fingerprint density at radius 3 is 2.59 bits per heavy atom. The van der Waals surface area contributed by atoms with Crippen molar-refractivity contribution in [3.63, 3.8) is 0 Å². The molecule has 4 aromatic rings. The van der Waals surface area contributed by atoms with E-state index in [1.165, 1.54) is 11.1 Å². The van der Waals surface area contributed by atoms with Gasteiger partial charge in [0.15, 0.2) is 0 Å². The average molecular weight is 379 g/mol. The van der Waals surface area contributed by atoms with Crippen LogP contribution in [0.2, 0.25) is 5.15 Å². The summed E-state index contributed by atoms with van der Waals surface area (Å²) < 4.78 is 7.50. The quantitative estimate of drug-likeness (QED) is 0.471. The third kappa shape index (κ3) is 4.09. The summed E-state index contributed by atoms with van der Waals surface area (Å²) in [4.78, 5) is 4.48. The predicted molar refractivity (Wildman–Crippen MR) is 106 cm³/mol. The molecule has 0 amide bonds. The standard InChI is InChI=1S/C21H19ClN4O/c1-14-3-6-19(7-4-14)27-13-18-12-26(25-24-18)11-17-10-16-9-15(2)5-8-20(16)23-21(17)22/h3-10,12H,11,13H2,1-2H3. The zero-order valence-electron chi connectivity index (χ0n) is 15.2. The molecule has 2 aromatic carbocycles. The molecule has 136 valence electrons. The fourth-order valence-corrected chi connectivity index (χ4v) is 3.08. The lowest BCUT2D eigenvalue weighted by Crippen LogP contribution is -2.02. The van der Waals surface area contributed by atoms with Crippen LogP contribution in [-0.4, -0.2) is 20.0 Å². The summed E-state index contributed by atoms with van der Waals surface area (Å²) in [7, 11) is 0. The van der Waals surface area contributed by atoms with E-state index in [9.17, 15) is 0 Å². The van der Waals surface area contributed by atoms with Gasteiger partial charge in [-0.05, 0) is 44.2 Å². The van der Waals surface area contributed by atoms with E-state index in [4.69, 9.17) is 16.3 Å². The van der Waals surface area contributed by atoms with E-state index in [0.717, 1.165) is 27.9 Å². The number of ether oxygens (including phenoxy) is 1. The highest BCUT2D eigenvalue weighted by Gasteiger charge is 2.09. The van der Waals surface area contributed by atoms with Crippen molar-refractivity contribution in [2.75, 3.05) is 0 Å². The molecule has 0 aliphatic heterocycles. The van der Waals surface area contributed by atoms with E-state index in [1.54, 1.807) is 4.68 Å². The normalized spacial score (nSPS) is 11.1. The van der Waals surface area contributed by atoms with Gasteiger partial charge in [-0.1, -0.05) is 46.1 Å². The molecule has 0 saturated heterocycles. The van der Waals surface area contributed by atoms with Crippen molar-refractivity contribution in [3.8, 4) is 5.75 Å². The van der Waals surface area contributed by atoms with Gasteiger partial charge in [-0.3, -0.25) is 0 Å². The Hall–Kier alpha value is -2.92. The molecule has 0 aliphatic carbocycles. The molecule has 6 heteroatoms. The molecule has 0 spiro atoms. The van der Waals surface area contributed by atoms with Crippen molar-refractivity contribution in [3.05, 3.63) is 82.3 Å². The number of nitrogens with zero attached hydrogens (tertiary/aromatic N) is 4. The Kier molecular flexibility index (Phi) is 4.77. The summed E-state index contributed by atoms with van der Waals surface area (Å²) >= 11 is 6.36. The lowest BCUT2D eigenvalue weighted by Gasteiger charge is -2.07. The first kappa shape index (κ1) is 17.5. The highest BCUT2D eigenvalue weighted by atomic mass is 35.5. The lowest BCUT2D eigenvalue weighted by atomic mass is 10.1. The minimum absolute atomic E-state index is 0.367. The monoisotopic (exact) mass is 378 g/mol. The van der Waals surface area contributed by atoms with E-state index in [1.807, 2.05) is 49.5 Å². The fourth-order valence-electron chi connectivity index (χ4n) is 2.88. The van der Waals surface area contributed by atoms with Crippen LogP contribution in [0.1, 0.15) is 22.4 Å². The third-order valence-electron chi connectivity index (χ3n) is 4.32. The Morgan fingerprint density at radius 1 is 1.00 bits per heavy atom. The fraction of sp³-hybridized carbons (Fsp3) is 0.190. The molecule has 0 unspecified atom stereocenters. The summed E-state index contributed by atoms with van der Waals surface area (Å²) in [6.45, 7) is 4.98. The van der Waals surface area contributed by atoms with Crippen LogP contribution in [0.4, 0.5) is 0 Å². The van der Waals surface area contributed by atoms with Crippen LogP contribution in [0.5, 0.6) is 5.75 Å². The number of hydrogen-bond donors (Lipinski definition) is 0. The van der Waals surface area contributed by atoms with Gasteiger partial charge < -0.3 is 4.74 Å². The summed E-state index contributed by atoms with van der Waals surface area (Å²) in [6.07, 6.45) is 1.87. The SMILES string of the molecule is Cc1ccc(OCc2cn(Cc3cc4cc(C)ccc4nc3Cl)nn2)cc1. The number of fused-ring (bicyclic) bond motifs is 1. The van der Waals surface area contributed by atoms with E-state index in [2.05, 4.69) is 34.4 Å². The first-order valence-electron chi connectivity index (χ1n) is 8.71. The Bertz CT molecular complexity index is 1090. The van der Waals surface area contributed by atoms with Crippen LogP contribution in [0.15, 0.2) is 54.7 Å². The van der Waals surface area contributed by atoms with Gasteiger partial charge >= 0.3 is 0 Å². The highest BCUT2D eigenvalue weighted by molar-refractivity contribution is 6.30. The molecule has 0 bridgehead atoms. The summed E-state index contributed by atoms with van der Waals surface area (Å²) in [5, 5.41) is 9.90. The van der Waals surface area contributed by atoms with Crippen LogP contribution in [-0.2, 0) is 13.2 Å². The minimum Gasteiger partial charge on any atom is -0.487 e. The van der Waals surface area contributed by atoms with Crippen molar-refractivity contribution in [2.45, 2.75) is 27.0 Å². The highest BCUT2D eigenvalue weighted by Crippen LogP contribution is 2.22. The van der Waals surface area contributed by atoms with E-state index < -0.39 is 0 Å². The number of pyridine rings is 1. The van der Waals surface area contributed by atoms with Gasteiger partial charge in [0, 0.05) is 10.9 Å². The molecule has 2 aromatic heterocycles. The lowest BCUT2D eigenvalue weighted by molar-refractivity contribution is 0.301. The number of halogens is 1. The maximum atomic E-state index is 6.36. The molecule has 27 heavy (non-hydrogen) atoms. The topological polar surface area (TPSA) is 52.8 Å². The molecule has 2 heterocycles. The number of aryl methyl sites for hydroxylation is 2. The molecular formula is C21H19ClN4O. The van der Waals surface area contributed by atoms with Gasteiger partial charge in [-0.25, -0.2) is 9.67 Å². The van der Waals surface area contributed by atoms with Gasteiger partial charge in [0.1, 0.15) is 23.2 Å². The zero-order chi connectivity index (χ0) is 18.8. The molecule has 4 rings (SSSR count). The number of aromatic nitrogens is 4. The molecule has 0 fully saturated rings. The van der Waals surface area contributed by atoms with Crippen LogP contribution in [0.25, 0.3) is 10.9 Å². The minimum atomic E-state index is 0.367. The van der Waals surface area contributed by atoms with Crippen molar-refractivity contribution < 1.29 is 4.74 Å². The molecular weight excluding hydrogens is 360 g/mol. The summed E-state index contributed by atoms with van der Waals surface area (Å²) in [5.74, 6) is 0.812. The molecule has 0 saturated carbocycles. The van der Waals surface area contributed by atoms with Crippen LogP contribution in [0, 0.1) is 13.8 Å². The average Bonchev–Trinajstić information content (AvgIpc) is 3.10. The maximum absolute atomic E-state index is 6.36. The van der Waals surface area contributed by atoms with Crippen molar-refractivity contribution in [2.24, 2.45) is 0 Å². The zero-order valence-corrected chi connectivity index (χ0v) is 15.9. The Labute approximate surface area is 162 Å². The number of rotatable bonds is 5. The van der Waals surface area contributed by atoms with Crippen molar-refractivity contribution >= 4 is 22.5 Å². The number of hydrogen-bond acceptors (Lipinski definition) is 4.